The number of pyridine rings is 1. The normalized spacial score (nSPS) is 19.4. The summed E-state index contributed by atoms with van der Waals surface area (Å²) in [6.45, 7) is 6.47. The third-order valence-electron chi connectivity index (χ3n) is 6.23. The van der Waals surface area contributed by atoms with Crippen molar-refractivity contribution in [3.05, 3.63) is 35.2 Å². The minimum Gasteiger partial charge on any atom is -0.378 e. The Morgan fingerprint density at radius 3 is 2.47 bits per heavy atom. The van der Waals surface area contributed by atoms with E-state index in [2.05, 4.69) is 31.8 Å². The van der Waals surface area contributed by atoms with Crippen LogP contribution in [0.15, 0.2) is 18.3 Å². The average molecular weight is 406 g/mol. The first-order valence-corrected chi connectivity index (χ1v) is 10.9. The molecule has 5 rings (SSSR count). The van der Waals surface area contributed by atoms with Crippen molar-refractivity contribution in [1.82, 2.24) is 15.0 Å². The first-order valence-electron chi connectivity index (χ1n) is 10.9. The lowest BCUT2D eigenvalue weighted by Gasteiger charge is -2.37. The van der Waals surface area contributed by atoms with E-state index in [0.717, 1.165) is 82.9 Å². The predicted octanol–water partition coefficient (Wildman–Crippen LogP) is 1.79. The van der Waals surface area contributed by atoms with Gasteiger partial charge in [0.25, 0.3) is 0 Å². The third-order valence-corrected chi connectivity index (χ3v) is 6.23. The number of rotatable bonds is 3. The third kappa shape index (κ3) is 3.77. The highest BCUT2D eigenvalue weighted by Gasteiger charge is 2.24. The first kappa shape index (κ1) is 19.1. The van der Waals surface area contributed by atoms with Gasteiger partial charge in [-0.1, -0.05) is 0 Å². The minimum atomic E-state index is 0.709. The van der Waals surface area contributed by atoms with Crippen molar-refractivity contribution in [2.75, 3.05) is 67.2 Å². The maximum Gasteiger partial charge on any atom is 0.227 e. The molecule has 2 aliphatic heterocycles. The van der Waals surface area contributed by atoms with Crippen LogP contribution in [0.1, 0.15) is 29.7 Å². The zero-order valence-corrected chi connectivity index (χ0v) is 17.3. The van der Waals surface area contributed by atoms with Gasteiger partial charge in [-0.2, -0.15) is 10.2 Å². The van der Waals surface area contributed by atoms with Crippen LogP contribution in [0.2, 0.25) is 0 Å². The molecule has 0 atom stereocenters. The molecule has 156 valence electrons. The van der Waals surface area contributed by atoms with Crippen LogP contribution in [0.25, 0.3) is 0 Å². The van der Waals surface area contributed by atoms with Crippen LogP contribution in [-0.2, 0) is 17.6 Å². The molecule has 2 aromatic heterocycles. The molecular weight excluding hydrogens is 378 g/mol. The summed E-state index contributed by atoms with van der Waals surface area (Å²) in [6.07, 6.45) is 6.31. The fourth-order valence-corrected chi connectivity index (χ4v) is 4.52. The van der Waals surface area contributed by atoms with Crippen molar-refractivity contribution in [3.8, 4) is 6.07 Å². The highest BCUT2D eigenvalue weighted by atomic mass is 16.5. The molecule has 3 aliphatic rings. The van der Waals surface area contributed by atoms with Crippen LogP contribution in [-0.4, -0.2) is 67.4 Å². The second-order valence-electron chi connectivity index (χ2n) is 8.07. The molecular formula is C22H27N7O. The van der Waals surface area contributed by atoms with Gasteiger partial charge in [0.05, 0.1) is 18.8 Å². The van der Waals surface area contributed by atoms with E-state index < -0.39 is 0 Å². The van der Waals surface area contributed by atoms with Gasteiger partial charge in [-0.05, 0) is 43.4 Å². The van der Waals surface area contributed by atoms with Crippen molar-refractivity contribution in [2.45, 2.75) is 25.7 Å². The molecule has 1 aliphatic carbocycles. The standard InChI is InChI=1S/C22H27N7O/c23-16-18-15-17-3-1-2-4-19(17)25-21(18)28-9-7-27(8-10-28)20-5-6-24-22(26-20)29-11-13-30-14-12-29/h5-6,15H,1-4,7-14H2. The van der Waals surface area contributed by atoms with E-state index in [1.165, 1.54) is 24.1 Å². The molecule has 0 amide bonds. The molecule has 8 nitrogen and oxygen atoms in total. The number of anilines is 3. The van der Waals surface area contributed by atoms with Crippen LogP contribution in [0.3, 0.4) is 0 Å². The number of nitrogens with zero attached hydrogens (tertiary/aromatic N) is 7. The van der Waals surface area contributed by atoms with E-state index >= 15 is 0 Å². The van der Waals surface area contributed by atoms with Crippen LogP contribution < -0.4 is 14.7 Å². The second kappa shape index (κ2) is 8.44. The van der Waals surface area contributed by atoms with E-state index in [1.807, 2.05) is 12.3 Å². The minimum absolute atomic E-state index is 0.709. The number of hydrogen-bond donors (Lipinski definition) is 0. The number of aromatic nitrogens is 3. The molecule has 0 radical (unpaired) electrons. The maximum atomic E-state index is 9.68. The van der Waals surface area contributed by atoms with Gasteiger partial charge in [0.1, 0.15) is 17.7 Å². The number of nitriles is 1. The molecule has 0 bridgehead atoms. The Labute approximate surface area is 177 Å². The maximum absolute atomic E-state index is 9.68. The van der Waals surface area contributed by atoms with Crippen LogP contribution in [0.5, 0.6) is 0 Å². The summed E-state index contributed by atoms with van der Waals surface area (Å²) in [5.74, 6) is 2.60. The van der Waals surface area contributed by atoms with Crippen LogP contribution in [0.4, 0.5) is 17.6 Å². The summed E-state index contributed by atoms with van der Waals surface area (Å²) in [7, 11) is 0. The Kier molecular flexibility index (Phi) is 5.37. The molecule has 0 N–H and O–H groups in total. The van der Waals surface area contributed by atoms with Crippen molar-refractivity contribution in [3.63, 3.8) is 0 Å². The number of hydrogen-bond acceptors (Lipinski definition) is 8. The SMILES string of the molecule is N#Cc1cc2c(nc1N1CCN(c3ccnc(N4CCOCC4)n3)CC1)CCCC2. The summed E-state index contributed by atoms with van der Waals surface area (Å²) in [4.78, 5) is 20.9. The van der Waals surface area contributed by atoms with Gasteiger partial charge in [0.15, 0.2) is 0 Å². The quantitative estimate of drug-likeness (QED) is 0.765. The Morgan fingerprint density at radius 1 is 0.900 bits per heavy atom. The van der Waals surface area contributed by atoms with Crippen molar-refractivity contribution >= 4 is 17.6 Å². The Hall–Kier alpha value is -2.92. The van der Waals surface area contributed by atoms with E-state index in [9.17, 15) is 5.26 Å². The number of aryl methyl sites for hydroxylation is 2. The van der Waals surface area contributed by atoms with Crippen molar-refractivity contribution in [2.24, 2.45) is 0 Å². The van der Waals surface area contributed by atoms with Gasteiger partial charge in [0.2, 0.25) is 5.95 Å². The monoisotopic (exact) mass is 405 g/mol. The lowest BCUT2D eigenvalue weighted by atomic mass is 9.95. The molecule has 0 saturated carbocycles. The smallest absolute Gasteiger partial charge is 0.227 e. The van der Waals surface area contributed by atoms with Gasteiger partial charge in [-0.3, -0.25) is 0 Å². The van der Waals surface area contributed by atoms with Crippen LogP contribution >= 0.6 is 0 Å². The zero-order chi connectivity index (χ0) is 20.3. The number of fused-ring (bicyclic) bond motifs is 1. The summed E-state index contributed by atoms with van der Waals surface area (Å²) in [5.41, 5.74) is 3.15. The summed E-state index contributed by atoms with van der Waals surface area (Å²) < 4.78 is 5.43. The van der Waals surface area contributed by atoms with E-state index in [4.69, 9.17) is 14.7 Å². The Morgan fingerprint density at radius 2 is 1.67 bits per heavy atom. The highest BCUT2D eigenvalue weighted by molar-refractivity contribution is 5.58. The Balaban J connectivity index is 1.30. The fourth-order valence-electron chi connectivity index (χ4n) is 4.52. The number of ether oxygens (including phenoxy) is 1. The van der Waals surface area contributed by atoms with Gasteiger partial charge < -0.3 is 19.4 Å². The zero-order valence-electron chi connectivity index (χ0n) is 17.3. The summed E-state index contributed by atoms with van der Waals surface area (Å²) in [5, 5.41) is 9.68. The van der Waals surface area contributed by atoms with Crippen molar-refractivity contribution in [1.29, 1.82) is 5.26 Å². The van der Waals surface area contributed by atoms with E-state index in [-0.39, 0.29) is 0 Å². The first-order chi connectivity index (χ1) is 14.8. The number of piperazine rings is 1. The summed E-state index contributed by atoms with van der Waals surface area (Å²) >= 11 is 0. The molecule has 8 heteroatoms. The summed E-state index contributed by atoms with van der Waals surface area (Å²) in [6, 6.07) is 6.43. The average Bonchev–Trinajstić information content (AvgIpc) is 2.84. The second-order valence-corrected chi connectivity index (χ2v) is 8.07. The topological polar surface area (TPSA) is 81.4 Å². The van der Waals surface area contributed by atoms with Gasteiger partial charge in [-0.25, -0.2) is 9.97 Å². The van der Waals surface area contributed by atoms with E-state index in [1.54, 1.807) is 0 Å². The molecule has 2 saturated heterocycles. The molecule has 0 spiro atoms. The Bertz CT molecular complexity index is 943. The van der Waals surface area contributed by atoms with Crippen molar-refractivity contribution < 1.29 is 4.74 Å². The van der Waals surface area contributed by atoms with Gasteiger partial charge in [-0.15, -0.1) is 0 Å². The molecule has 30 heavy (non-hydrogen) atoms. The number of morpholine rings is 1. The molecule has 2 aromatic rings. The molecule has 2 fully saturated rings. The van der Waals surface area contributed by atoms with E-state index in [0.29, 0.717) is 5.56 Å². The highest BCUT2D eigenvalue weighted by Crippen LogP contribution is 2.28. The predicted molar refractivity (Wildman–Crippen MR) is 115 cm³/mol. The van der Waals surface area contributed by atoms with Gasteiger partial charge >= 0.3 is 0 Å². The molecule has 0 unspecified atom stereocenters. The van der Waals surface area contributed by atoms with Crippen LogP contribution in [0, 0.1) is 11.3 Å². The molecule has 4 heterocycles. The lowest BCUT2D eigenvalue weighted by Crippen LogP contribution is -2.47. The fraction of sp³-hybridized carbons (Fsp3) is 0.545. The van der Waals surface area contributed by atoms with Gasteiger partial charge in [0, 0.05) is 51.2 Å². The molecule has 0 aromatic carbocycles. The largest absolute Gasteiger partial charge is 0.378 e. The lowest BCUT2D eigenvalue weighted by molar-refractivity contribution is 0.122.